The Morgan fingerprint density at radius 3 is 2.48 bits per heavy atom. The molecule has 0 unspecified atom stereocenters. The van der Waals surface area contributed by atoms with E-state index in [0.29, 0.717) is 25.5 Å². The fraction of sp³-hybridized carbons (Fsp3) is 0.632. The van der Waals surface area contributed by atoms with Gasteiger partial charge in [0.1, 0.15) is 0 Å². The molecule has 1 saturated heterocycles. The highest BCUT2D eigenvalue weighted by Crippen LogP contribution is 2.21. The zero-order chi connectivity index (χ0) is 19.5. The van der Waals surface area contributed by atoms with Crippen molar-refractivity contribution < 1.29 is 17.9 Å². The van der Waals surface area contributed by atoms with Gasteiger partial charge in [-0.2, -0.15) is 13.2 Å². The number of guanidine groups is 1. The van der Waals surface area contributed by atoms with Crippen LogP contribution in [0.1, 0.15) is 30.4 Å². The highest BCUT2D eigenvalue weighted by Gasteiger charge is 2.25. The molecule has 0 radical (unpaired) electrons. The number of ether oxygens (including phenoxy) is 1. The van der Waals surface area contributed by atoms with E-state index in [1.807, 2.05) is 12.1 Å². The Hall–Kier alpha value is -1.80. The Bertz CT molecular complexity index is 587. The summed E-state index contributed by atoms with van der Waals surface area (Å²) in [6.45, 7) is 5.36. The normalized spacial score (nSPS) is 16.4. The quantitative estimate of drug-likeness (QED) is 0.410. The maximum atomic E-state index is 12.2. The van der Waals surface area contributed by atoms with Gasteiger partial charge < -0.3 is 15.4 Å². The second-order valence-corrected chi connectivity index (χ2v) is 6.58. The maximum absolute atomic E-state index is 12.2. The van der Waals surface area contributed by atoms with Gasteiger partial charge in [-0.05, 0) is 24.0 Å². The summed E-state index contributed by atoms with van der Waals surface area (Å²) in [5, 5.41) is 6.32. The van der Waals surface area contributed by atoms with Crippen molar-refractivity contribution in [2.24, 2.45) is 4.99 Å². The minimum atomic E-state index is -4.08. The fourth-order valence-electron chi connectivity index (χ4n) is 2.94. The number of halogens is 3. The van der Waals surface area contributed by atoms with Crippen LogP contribution in [0, 0.1) is 0 Å². The van der Waals surface area contributed by atoms with E-state index in [0.717, 1.165) is 32.8 Å². The van der Waals surface area contributed by atoms with Gasteiger partial charge in [0.25, 0.3) is 0 Å². The molecule has 27 heavy (non-hydrogen) atoms. The number of unbranched alkanes of at least 4 members (excludes halogenated alkanes) is 1. The van der Waals surface area contributed by atoms with E-state index < -0.39 is 12.6 Å². The first kappa shape index (κ1) is 21.5. The third-order valence-corrected chi connectivity index (χ3v) is 4.47. The van der Waals surface area contributed by atoms with Crippen LogP contribution in [-0.4, -0.2) is 56.9 Å². The van der Waals surface area contributed by atoms with Gasteiger partial charge in [0.15, 0.2) is 5.96 Å². The Morgan fingerprint density at radius 2 is 1.81 bits per heavy atom. The minimum absolute atomic E-state index is 0.121. The van der Waals surface area contributed by atoms with E-state index in [-0.39, 0.29) is 6.42 Å². The van der Waals surface area contributed by atoms with Gasteiger partial charge in [-0.3, -0.25) is 9.89 Å². The highest BCUT2D eigenvalue weighted by molar-refractivity contribution is 5.79. The van der Waals surface area contributed by atoms with E-state index in [2.05, 4.69) is 32.7 Å². The Labute approximate surface area is 159 Å². The average Bonchev–Trinajstić information content (AvgIpc) is 2.65. The van der Waals surface area contributed by atoms with Crippen molar-refractivity contribution in [3.05, 3.63) is 35.4 Å². The lowest BCUT2D eigenvalue weighted by molar-refractivity contribution is -0.135. The van der Waals surface area contributed by atoms with Crippen LogP contribution >= 0.6 is 0 Å². The van der Waals surface area contributed by atoms with Crippen LogP contribution < -0.4 is 10.6 Å². The van der Waals surface area contributed by atoms with Crippen LogP contribution in [-0.2, 0) is 17.8 Å². The molecule has 0 saturated carbocycles. The molecule has 5 nitrogen and oxygen atoms in total. The molecule has 2 N–H and O–H groups in total. The smallest absolute Gasteiger partial charge is 0.379 e. The largest absolute Gasteiger partial charge is 0.389 e. The molecule has 1 aromatic rings. The van der Waals surface area contributed by atoms with E-state index in [1.165, 1.54) is 11.1 Å². The lowest BCUT2D eigenvalue weighted by atomic mass is 10.1. The summed E-state index contributed by atoms with van der Waals surface area (Å²) >= 11 is 0. The summed E-state index contributed by atoms with van der Waals surface area (Å²) < 4.78 is 41.9. The number of hydrogen-bond donors (Lipinski definition) is 2. The van der Waals surface area contributed by atoms with Crippen molar-refractivity contribution in [2.45, 2.75) is 38.5 Å². The van der Waals surface area contributed by atoms with E-state index >= 15 is 0 Å². The summed E-state index contributed by atoms with van der Waals surface area (Å²) in [6.07, 6.45) is -4.25. The maximum Gasteiger partial charge on any atom is 0.389 e. The van der Waals surface area contributed by atoms with E-state index in [9.17, 15) is 13.2 Å². The predicted molar refractivity (Wildman–Crippen MR) is 101 cm³/mol. The standard InChI is InChI=1S/C19H29F3N4O/c1-23-18(24-9-5-4-8-19(20,21)22)25-14-16-6-2-3-7-17(16)15-26-10-12-27-13-11-26/h2-3,6-7H,4-5,8-15H2,1H3,(H2,23,24,25). The first-order chi connectivity index (χ1) is 13.0. The molecule has 1 fully saturated rings. The van der Waals surface area contributed by atoms with E-state index in [4.69, 9.17) is 4.74 Å². The molecule has 8 heteroatoms. The van der Waals surface area contributed by atoms with Gasteiger partial charge in [0, 0.05) is 46.2 Å². The molecule has 0 spiro atoms. The predicted octanol–water partition coefficient (Wildman–Crippen LogP) is 2.92. The van der Waals surface area contributed by atoms with Crippen molar-refractivity contribution in [3.8, 4) is 0 Å². The van der Waals surface area contributed by atoms with Crippen LogP contribution in [0.15, 0.2) is 29.3 Å². The molecule has 152 valence electrons. The lowest BCUT2D eigenvalue weighted by Crippen LogP contribution is -2.38. The molecular formula is C19H29F3N4O. The van der Waals surface area contributed by atoms with Crippen molar-refractivity contribution in [1.82, 2.24) is 15.5 Å². The number of aliphatic imine (C=N–C) groups is 1. The molecule has 1 aliphatic rings. The number of nitrogens with zero attached hydrogens (tertiary/aromatic N) is 2. The second-order valence-electron chi connectivity index (χ2n) is 6.58. The summed E-state index contributed by atoms with van der Waals surface area (Å²) in [6, 6.07) is 8.25. The van der Waals surface area contributed by atoms with Crippen LogP contribution in [0.5, 0.6) is 0 Å². The van der Waals surface area contributed by atoms with Crippen molar-refractivity contribution in [1.29, 1.82) is 0 Å². The second kappa shape index (κ2) is 11.1. The number of rotatable bonds is 8. The fourth-order valence-corrected chi connectivity index (χ4v) is 2.94. The lowest BCUT2D eigenvalue weighted by Gasteiger charge is -2.27. The van der Waals surface area contributed by atoms with Crippen LogP contribution in [0.4, 0.5) is 13.2 Å². The van der Waals surface area contributed by atoms with Gasteiger partial charge in [0.05, 0.1) is 13.2 Å². The van der Waals surface area contributed by atoms with Gasteiger partial charge in [-0.15, -0.1) is 0 Å². The Kier molecular flexibility index (Phi) is 8.87. The summed E-state index contributed by atoms with van der Waals surface area (Å²) in [5.74, 6) is 0.600. The van der Waals surface area contributed by atoms with Gasteiger partial charge in [0.2, 0.25) is 0 Å². The number of hydrogen-bond acceptors (Lipinski definition) is 3. The average molecular weight is 386 g/mol. The van der Waals surface area contributed by atoms with Crippen LogP contribution in [0.25, 0.3) is 0 Å². The number of morpholine rings is 1. The molecule has 1 aromatic carbocycles. The molecule has 0 bridgehead atoms. The molecule has 1 heterocycles. The molecule has 0 aromatic heterocycles. The summed E-state index contributed by atoms with van der Waals surface area (Å²) in [7, 11) is 1.66. The van der Waals surface area contributed by atoms with Crippen LogP contribution in [0.3, 0.4) is 0 Å². The minimum Gasteiger partial charge on any atom is -0.379 e. The number of benzene rings is 1. The van der Waals surface area contributed by atoms with Gasteiger partial charge in [-0.1, -0.05) is 24.3 Å². The third kappa shape index (κ3) is 8.62. The molecule has 0 amide bonds. The van der Waals surface area contributed by atoms with Crippen molar-refractivity contribution in [3.63, 3.8) is 0 Å². The molecule has 1 aliphatic heterocycles. The molecule has 2 rings (SSSR count). The first-order valence-corrected chi connectivity index (χ1v) is 9.36. The van der Waals surface area contributed by atoms with Gasteiger partial charge in [-0.25, -0.2) is 0 Å². The molecular weight excluding hydrogens is 357 g/mol. The van der Waals surface area contributed by atoms with E-state index in [1.54, 1.807) is 7.05 Å². The third-order valence-electron chi connectivity index (χ3n) is 4.47. The summed E-state index contributed by atoms with van der Waals surface area (Å²) in [5.41, 5.74) is 2.44. The highest BCUT2D eigenvalue weighted by atomic mass is 19.4. The number of alkyl halides is 3. The zero-order valence-corrected chi connectivity index (χ0v) is 15.8. The van der Waals surface area contributed by atoms with Crippen LogP contribution in [0.2, 0.25) is 0 Å². The van der Waals surface area contributed by atoms with Crippen molar-refractivity contribution in [2.75, 3.05) is 39.9 Å². The van der Waals surface area contributed by atoms with Crippen molar-refractivity contribution >= 4 is 5.96 Å². The summed E-state index contributed by atoms with van der Waals surface area (Å²) in [4.78, 5) is 6.51. The van der Waals surface area contributed by atoms with Gasteiger partial charge >= 0.3 is 6.18 Å². The zero-order valence-electron chi connectivity index (χ0n) is 15.8. The first-order valence-electron chi connectivity index (χ1n) is 9.36. The Balaban J connectivity index is 1.77. The SMILES string of the molecule is CN=C(NCCCCC(F)(F)F)NCc1ccccc1CN1CCOCC1. The molecule has 0 atom stereocenters. The Morgan fingerprint density at radius 1 is 1.11 bits per heavy atom. The number of nitrogens with one attached hydrogen (secondary N) is 2. The topological polar surface area (TPSA) is 48.9 Å². The molecule has 0 aliphatic carbocycles. The monoisotopic (exact) mass is 386 g/mol.